The number of ether oxygens (including phenoxy) is 2. The number of hydrogen-bond acceptors (Lipinski definition) is 5. The van der Waals surface area contributed by atoms with Crippen LogP contribution in [-0.2, 0) is 0 Å². The van der Waals surface area contributed by atoms with Crippen LogP contribution in [0.4, 0.5) is 0 Å². The first-order valence-electron chi connectivity index (χ1n) is 8.30. The van der Waals surface area contributed by atoms with Crippen molar-refractivity contribution in [3.63, 3.8) is 0 Å². The van der Waals surface area contributed by atoms with Crippen molar-refractivity contribution < 1.29 is 14.3 Å². The SMILES string of the molecule is COc1ccc(OCCN(C)C(=O)c2csc(-c3ccc(Cl)cc3)n2)cc1. The van der Waals surface area contributed by atoms with E-state index in [9.17, 15) is 4.79 Å². The van der Waals surface area contributed by atoms with Crippen LogP contribution in [0, 0.1) is 0 Å². The second-order valence-electron chi connectivity index (χ2n) is 5.80. The summed E-state index contributed by atoms with van der Waals surface area (Å²) >= 11 is 7.34. The molecule has 7 heteroatoms. The van der Waals surface area contributed by atoms with E-state index in [0.717, 1.165) is 22.1 Å². The number of likely N-dealkylation sites (N-methyl/N-ethyl adjacent to an activating group) is 1. The van der Waals surface area contributed by atoms with Gasteiger partial charge < -0.3 is 14.4 Å². The number of amides is 1. The quantitative estimate of drug-likeness (QED) is 0.578. The van der Waals surface area contributed by atoms with Gasteiger partial charge in [-0.15, -0.1) is 11.3 Å². The molecule has 140 valence electrons. The van der Waals surface area contributed by atoms with Crippen LogP contribution in [0.3, 0.4) is 0 Å². The molecule has 27 heavy (non-hydrogen) atoms. The number of methoxy groups -OCH3 is 1. The summed E-state index contributed by atoms with van der Waals surface area (Å²) in [7, 11) is 3.36. The fourth-order valence-electron chi connectivity index (χ4n) is 2.37. The van der Waals surface area contributed by atoms with Crippen LogP contribution in [0.15, 0.2) is 53.9 Å². The van der Waals surface area contributed by atoms with E-state index in [4.69, 9.17) is 21.1 Å². The van der Waals surface area contributed by atoms with Crippen molar-refractivity contribution in [3.05, 3.63) is 64.6 Å². The molecule has 2 aromatic carbocycles. The summed E-state index contributed by atoms with van der Waals surface area (Å²) in [5, 5.41) is 3.23. The highest BCUT2D eigenvalue weighted by molar-refractivity contribution is 7.13. The van der Waals surface area contributed by atoms with Gasteiger partial charge in [0.1, 0.15) is 28.8 Å². The van der Waals surface area contributed by atoms with Crippen molar-refractivity contribution >= 4 is 28.8 Å². The summed E-state index contributed by atoms with van der Waals surface area (Å²) in [5.74, 6) is 1.37. The zero-order valence-corrected chi connectivity index (χ0v) is 16.6. The highest BCUT2D eigenvalue weighted by Crippen LogP contribution is 2.25. The van der Waals surface area contributed by atoms with Crippen molar-refractivity contribution in [1.82, 2.24) is 9.88 Å². The lowest BCUT2D eigenvalue weighted by Gasteiger charge is -2.16. The monoisotopic (exact) mass is 402 g/mol. The summed E-state index contributed by atoms with van der Waals surface area (Å²) in [5.41, 5.74) is 1.37. The lowest BCUT2D eigenvalue weighted by atomic mass is 10.2. The van der Waals surface area contributed by atoms with Crippen LogP contribution < -0.4 is 9.47 Å². The standard InChI is InChI=1S/C20H19ClN2O3S/c1-23(11-12-26-17-9-7-16(25-2)8-10-17)20(24)18-13-27-19(22-18)14-3-5-15(21)6-4-14/h3-10,13H,11-12H2,1-2H3. The molecule has 0 aliphatic heterocycles. The predicted octanol–water partition coefficient (Wildman–Crippen LogP) is 4.62. The van der Waals surface area contributed by atoms with Gasteiger partial charge in [-0.1, -0.05) is 23.7 Å². The number of aromatic nitrogens is 1. The highest BCUT2D eigenvalue weighted by atomic mass is 35.5. The number of hydrogen-bond donors (Lipinski definition) is 0. The minimum Gasteiger partial charge on any atom is -0.497 e. The van der Waals surface area contributed by atoms with E-state index in [1.807, 2.05) is 48.5 Å². The average molecular weight is 403 g/mol. The Hall–Kier alpha value is -2.57. The van der Waals surface area contributed by atoms with Gasteiger partial charge in [0.25, 0.3) is 5.91 Å². The zero-order chi connectivity index (χ0) is 19.2. The molecule has 1 heterocycles. The maximum atomic E-state index is 12.5. The van der Waals surface area contributed by atoms with Crippen LogP contribution >= 0.6 is 22.9 Å². The number of rotatable bonds is 7. The average Bonchev–Trinajstić information content (AvgIpc) is 3.18. The molecule has 0 atom stereocenters. The number of halogens is 1. The van der Waals surface area contributed by atoms with Gasteiger partial charge in [0, 0.05) is 23.0 Å². The van der Waals surface area contributed by atoms with Gasteiger partial charge in [0.2, 0.25) is 0 Å². The molecule has 1 aromatic heterocycles. The predicted molar refractivity (Wildman–Crippen MR) is 108 cm³/mol. The van der Waals surface area contributed by atoms with Gasteiger partial charge in [-0.05, 0) is 36.4 Å². The molecule has 0 saturated heterocycles. The molecule has 0 N–H and O–H groups in total. The van der Waals surface area contributed by atoms with Crippen LogP contribution in [0.5, 0.6) is 11.5 Å². The Balaban J connectivity index is 1.54. The molecule has 0 aliphatic rings. The van der Waals surface area contributed by atoms with Crippen molar-refractivity contribution in [2.45, 2.75) is 0 Å². The van der Waals surface area contributed by atoms with E-state index >= 15 is 0 Å². The van der Waals surface area contributed by atoms with Crippen LogP contribution in [0.1, 0.15) is 10.5 Å². The Morgan fingerprint density at radius 2 is 1.78 bits per heavy atom. The molecular weight excluding hydrogens is 384 g/mol. The van der Waals surface area contributed by atoms with Crippen LogP contribution in [0.25, 0.3) is 10.6 Å². The van der Waals surface area contributed by atoms with Gasteiger partial charge in [-0.25, -0.2) is 4.98 Å². The maximum Gasteiger partial charge on any atom is 0.273 e. The largest absolute Gasteiger partial charge is 0.497 e. The lowest BCUT2D eigenvalue weighted by molar-refractivity contribution is 0.0769. The summed E-state index contributed by atoms with van der Waals surface area (Å²) < 4.78 is 10.8. The Kier molecular flexibility index (Phi) is 6.32. The molecule has 0 bridgehead atoms. The Bertz CT molecular complexity index is 894. The number of benzene rings is 2. The molecular formula is C20H19ClN2O3S. The fraction of sp³-hybridized carbons (Fsp3) is 0.200. The molecule has 0 aliphatic carbocycles. The second-order valence-corrected chi connectivity index (χ2v) is 7.09. The van der Waals surface area contributed by atoms with E-state index in [1.54, 1.807) is 24.4 Å². The molecule has 0 saturated carbocycles. The van der Waals surface area contributed by atoms with Crippen molar-refractivity contribution in [1.29, 1.82) is 0 Å². The van der Waals surface area contributed by atoms with E-state index in [1.165, 1.54) is 11.3 Å². The molecule has 0 unspecified atom stereocenters. The molecule has 0 spiro atoms. The summed E-state index contributed by atoms with van der Waals surface area (Å²) in [6.07, 6.45) is 0. The van der Waals surface area contributed by atoms with Crippen LogP contribution in [0.2, 0.25) is 5.02 Å². The molecule has 0 fully saturated rings. The second kappa shape index (κ2) is 8.88. The normalized spacial score (nSPS) is 10.5. The van der Waals surface area contributed by atoms with Crippen molar-refractivity contribution in [2.75, 3.05) is 27.3 Å². The van der Waals surface area contributed by atoms with E-state index in [0.29, 0.717) is 23.9 Å². The molecule has 0 radical (unpaired) electrons. The lowest BCUT2D eigenvalue weighted by Crippen LogP contribution is -2.31. The Morgan fingerprint density at radius 3 is 2.44 bits per heavy atom. The minimum atomic E-state index is -0.134. The first-order valence-corrected chi connectivity index (χ1v) is 9.56. The summed E-state index contributed by atoms with van der Waals surface area (Å²) in [4.78, 5) is 18.6. The molecule has 3 aromatic rings. The molecule has 5 nitrogen and oxygen atoms in total. The number of carbonyl (C=O) groups is 1. The minimum absolute atomic E-state index is 0.134. The van der Waals surface area contributed by atoms with Crippen molar-refractivity contribution in [3.8, 4) is 22.1 Å². The van der Waals surface area contributed by atoms with Crippen molar-refractivity contribution in [2.24, 2.45) is 0 Å². The summed E-state index contributed by atoms with van der Waals surface area (Å²) in [6, 6.07) is 14.7. The van der Waals surface area contributed by atoms with Gasteiger partial charge in [-0.3, -0.25) is 4.79 Å². The van der Waals surface area contributed by atoms with Gasteiger partial charge in [-0.2, -0.15) is 0 Å². The van der Waals surface area contributed by atoms with E-state index in [-0.39, 0.29) is 5.91 Å². The molecule has 1 amide bonds. The third-order valence-electron chi connectivity index (χ3n) is 3.92. The van der Waals surface area contributed by atoms with E-state index < -0.39 is 0 Å². The number of carbonyl (C=O) groups excluding carboxylic acids is 1. The number of nitrogens with zero attached hydrogens (tertiary/aromatic N) is 2. The maximum absolute atomic E-state index is 12.5. The van der Waals surface area contributed by atoms with Gasteiger partial charge >= 0.3 is 0 Å². The smallest absolute Gasteiger partial charge is 0.273 e. The van der Waals surface area contributed by atoms with E-state index in [2.05, 4.69) is 4.98 Å². The first kappa shape index (κ1) is 19.2. The Morgan fingerprint density at radius 1 is 1.11 bits per heavy atom. The third kappa shape index (κ3) is 4.99. The zero-order valence-electron chi connectivity index (χ0n) is 15.0. The highest BCUT2D eigenvalue weighted by Gasteiger charge is 2.16. The van der Waals surface area contributed by atoms with Crippen LogP contribution in [-0.4, -0.2) is 43.1 Å². The topological polar surface area (TPSA) is 51.7 Å². The Labute approximate surface area is 167 Å². The fourth-order valence-corrected chi connectivity index (χ4v) is 3.29. The summed E-state index contributed by atoms with van der Waals surface area (Å²) in [6.45, 7) is 0.849. The third-order valence-corrected chi connectivity index (χ3v) is 5.06. The molecule has 3 rings (SSSR count). The number of thiazole rings is 1. The van der Waals surface area contributed by atoms with Gasteiger partial charge in [0.05, 0.1) is 13.7 Å². The van der Waals surface area contributed by atoms with Gasteiger partial charge in [0.15, 0.2) is 0 Å². The first-order chi connectivity index (χ1) is 13.1.